The number of nitrogens with zero attached hydrogens (tertiary/aromatic N) is 1. The summed E-state index contributed by atoms with van der Waals surface area (Å²) in [6.45, 7) is -0.665. The minimum Gasteiger partial charge on any atom is -0.484 e. The van der Waals surface area contributed by atoms with Crippen LogP contribution in [0.5, 0.6) is 5.75 Å². The summed E-state index contributed by atoms with van der Waals surface area (Å²) in [5.41, 5.74) is 0.0987. The highest BCUT2D eigenvalue weighted by molar-refractivity contribution is 8.00. The third-order valence-electron chi connectivity index (χ3n) is 3.87. The Kier molecular flexibility index (Phi) is 4.95. The number of aliphatic carboxylic acids is 1. The Bertz CT molecular complexity index is 735. The fourth-order valence-electron chi connectivity index (χ4n) is 2.69. The second kappa shape index (κ2) is 7.16. The normalized spacial score (nSPS) is 22.1. The van der Waals surface area contributed by atoms with Crippen LogP contribution in [0.1, 0.15) is 0 Å². The fraction of sp³-hybridized carbons (Fsp3) is 0.312. The summed E-state index contributed by atoms with van der Waals surface area (Å²) in [5.74, 6) is -1.40. The van der Waals surface area contributed by atoms with Crippen molar-refractivity contribution in [2.24, 2.45) is 0 Å². The fourth-order valence-corrected chi connectivity index (χ4v) is 4.02. The van der Waals surface area contributed by atoms with E-state index in [4.69, 9.17) is 4.74 Å². The summed E-state index contributed by atoms with van der Waals surface area (Å²) < 4.78 is 5.32. The van der Waals surface area contributed by atoms with Crippen LogP contribution in [0.4, 0.5) is 0 Å². The van der Waals surface area contributed by atoms with Crippen LogP contribution < -0.4 is 10.1 Å². The molecular formula is C16H16N2O6S. The van der Waals surface area contributed by atoms with E-state index in [0.717, 1.165) is 4.90 Å². The number of hydrogen-bond donors (Lipinski definition) is 3. The number of amides is 2. The number of β-lactam (4-membered cyclic amide) rings is 1. The van der Waals surface area contributed by atoms with E-state index >= 15 is 0 Å². The SMILES string of the molecule is O=C(COc1ccccc1)NC1C(=O)N2C(C(=O)O)=C(CO)CS[C@H]12. The van der Waals surface area contributed by atoms with Crippen LogP contribution >= 0.6 is 11.8 Å². The molecule has 132 valence electrons. The van der Waals surface area contributed by atoms with Crippen LogP contribution in [0.2, 0.25) is 0 Å². The molecule has 3 rings (SSSR count). The maximum atomic E-state index is 12.3. The molecule has 1 saturated heterocycles. The number of benzene rings is 1. The lowest BCUT2D eigenvalue weighted by atomic mass is 10.0. The standard InChI is InChI=1S/C16H16N2O6S/c19-6-9-8-25-15-12(14(21)18(15)13(9)16(22)23)17-11(20)7-24-10-4-2-1-3-5-10/h1-5,12,15,19H,6-8H2,(H,17,20)(H,22,23)/t12?,15-/m1/s1. The van der Waals surface area contributed by atoms with Gasteiger partial charge in [0.25, 0.3) is 11.8 Å². The van der Waals surface area contributed by atoms with E-state index in [1.165, 1.54) is 11.8 Å². The van der Waals surface area contributed by atoms with E-state index < -0.39 is 35.8 Å². The van der Waals surface area contributed by atoms with Gasteiger partial charge in [-0.3, -0.25) is 14.5 Å². The highest BCUT2D eigenvalue weighted by Crippen LogP contribution is 2.40. The molecule has 2 heterocycles. The quantitative estimate of drug-likeness (QED) is 0.599. The number of fused-ring (bicyclic) bond motifs is 1. The molecule has 0 aromatic heterocycles. The van der Waals surface area contributed by atoms with Crippen LogP contribution in [0.3, 0.4) is 0 Å². The molecule has 0 spiro atoms. The molecule has 1 fully saturated rings. The van der Waals surface area contributed by atoms with Gasteiger partial charge in [0, 0.05) is 5.75 Å². The zero-order valence-corrected chi connectivity index (χ0v) is 13.9. The van der Waals surface area contributed by atoms with Crippen molar-refractivity contribution in [1.82, 2.24) is 10.2 Å². The first-order chi connectivity index (χ1) is 12.0. The van der Waals surface area contributed by atoms with Crippen LogP contribution in [0, 0.1) is 0 Å². The number of carbonyl (C=O) groups is 3. The number of rotatable bonds is 6. The van der Waals surface area contributed by atoms with E-state index in [9.17, 15) is 24.6 Å². The summed E-state index contributed by atoms with van der Waals surface area (Å²) in [7, 11) is 0. The summed E-state index contributed by atoms with van der Waals surface area (Å²) in [6, 6.07) is 7.99. The Morgan fingerprint density at radius 1 is 1.32 bits per heavy atom. The molecule has 8 nitrogen and oxygen atoms in total. The van der Waals surface area contributed by atoms with E-state index in [2.05, 4.69) is 5.32 Å². The third kappa shape index (κ3) is 3.33. The van der Waals surface area contributed by atoms with Gasteiger partial charge in [0.05, 0.1) is 6.61 Å². The first kappa shape index (κ1) is 17.3. The van der Waals surface area contributed by atoms with Crippen molar-refractivity contribution in [2.45, 2.75) is 11.4 Å². The van der Waals surface area contributed by atoms with Crippen LogP contribution in [0.25, 0.3) is 0 Å². The lowest BCUT2D eigenvalue weighted by Gasteiger charge is -2.49. The molecule has 0 radical (unpaired) electrons. The van der Waals surface area contributed by atoms with E-state index in [0.29, 0.717) is 17.1 Å². The Morgan fingerprint density at radius 2 is 2.04 bits per heavy atom. The van der Waals surface area contributed by atoms with Gasteiger partial charge < -0.3 is 20.3 Å². The molecule has 0 bridgehead atoms. The van der Waals surface area contributed by atoms with Gasteiger partial charge in [-0.2, -0.15) is 0 Å². The number of para-hydroxylation sites is 1. The van der Waals surface area contributed by atoms with Gasteiger partial charge >= 0.3 is 5.97 Å². The van der Waals surface area contributed by atoms with Crippen molar-refractivity contribution in [3.05, 3.63) is 41.6 Å². The Morgan fingerprint density at radius 3 is 2.68 bits per heavy atom. The zero-order valence-electron chi connectivity index (χ0n) is 13.0. The lowest BCUT2D eigenvalue weighted by molar-refractivity contribution is -0.151. The van der Waals surface area contributed by atoms with Gasteiger partial charge in [-0.25, -0.2) is 4.79 Å². The molecule has 1 unspecified atom stereocenters. The predicted octanol–water partition coefficient (Wildman–Crippen LogP) is -0.204. The molecule has 2 aliphatic heterocycles. The highest BCUT2D eigenvalue weighted by Gasteiger charge is 2.54. The minimum absolute atomic E-state index is 0.192. The molecule has 2 aliphatic rings. The van der Waals surface area contributed by atoms with Crippen molar-refractivity contribution >= 4 is 29.5 Å². The van der Waals surface area contributed by atoms with Gasteiger partial charge in [0.1, 0.15) is 22.9 Å². The van der Waals surface area contributed by atoms with E-state index in [-0.39, 0.29) is 12.3 Å². The molecule has 1 aromatic rings. The predicted molar refractivity (Wildman–Crippen MR) is 88.7 cm³/mol. The molecule has 3 N–H and O–H groups in total. The number of carbonyl (C=O) groups excluding carboxylic acids is 2. The summed E-state index contributed by atoms with van der Waals surface area (Å²) in [4.78, 5) is 36.7. The van der Waals surface area contributed by atoms with Crippen LogP contribution in [-0.2, 0) is 14.4 Å². The zero-order chi connectivity index (χ0) is 18.0. The largest absolute Gasteiger partial charge is 0.484 e. The molecule has 1 aromatic carbocycles. The number of hydrogen-bond acceptors (Lipinski definition) is 6. The number of carboxylic acid groups (broad SMARTS) is 1. The molecule has 2 atom stereocenters. The van der Waals surface area contributed by atoms with Crippen molar-refractivity contribution in [2.75, 3.05) is 19.0 Å². The molecule has 0 aliphatic carbocycles. The molecule has 2 amide bonds. The summed E-state index contributed by atoms with van der Waals surface area (Å²) in [5, 5.41) is 20.6. The molecular weight excluding hydrogens is 348 g/mol. The van der Waals surface area contributed by atoms with Crippen molar-refractivity contribution < 1.29 is 29.3 Å². The highest BCUT2D eigenvalue weighted by atomic mass is 32.2. The van der Waals surface area contributed by atoms with Gasteiger partial charge in [-0.1, -0.05) is 18.2 Å². The van der Waals surface area contributed by atoms with Crippen molar-refractivity contribution in [3.8, 4) is 5.75 Å². The van der Waals surface area contributed by atoms with E-state index in [1.807, 2.05) is 6.07 Å². The van der Waals surface area contributed by atoms with E-state index in [1.54, 1.807) is 24.3 Å². The van der Waals surface area contributed by atoms with Crippen LogP contribution in [0.15, 0.2) is 41.6 Å². The number of thioether (sulfide) groups is 1. The first-order valence-electron chi connectivity index (χ1n) is 7.51. The van der Waals surface area contributed by atoms with Gasteiger partial charge in [0.15, 0.2) is 6.61 Å². The second-order valence-electron chi connectivity index (χ2n) is 5.47. The lowest BCUT2D eigenvalue weighted by Crippen LogP contribution is -2.71. The Hall–Kier alpha value is -2.52. The summed E-state index contributed by atoms with van der Waals surface area (Å²) in [6.07, 6.45) is 0. The Balaban J connectivity index is 1.61. The first-order valence-corrected chi connectivity index (χ1v) is 8.56. The monoisotopic (exact) mass is 364 g/mol. The number of ether oxygens (including phenoxy) is 1. The van der Waals surface area contributed by atoms with Gasteiger partial charge in [-0.15, -0.1) is 11.8 Å². The minimum atomic E-state index is -1.26. The third-order valence-corrected chi connectivity index (χ3v) is 5.21. The second-order valence-corrected chi connectivity index (χ2v) is 6.58. The number of nitrogens with one attached hydrogen (secondary N) is 1. The average Bonchev–Trinajstić information content (AvgIpc) is 2.63. The maximum Gasteiger partial charge on any atom is 0.352 e. The molecule has 9 heteroatoms. The molecule has 0 saturated carbocycles. The van der Waals surface area contributed by atoms with Gasteiger partial charge in [-0.05, 0) is 17.7 Å². The van der Waals surface area contributed by atoms with Crippen molar-refractivity contribution in [3.63, 3.8) is 0 Å². The number of aliphatic hydroxyl groups excluding tert-OH is 1. The number of carboxylic acids is 1. The summed E-state index contributed by atoms with van der Waals surface area (Å²) >= 11 is 1.30. The topological polar surface area (TPSA) is 116 Å². The smallest absolute Gasteiger partial charge is 0.352 e. The van der Waals surface area contributed by atoms with Gasteiger partial charge in [0.2, 0.25) is 0 Å². The number of aliphatic hydroxyl groups is 1. The average molecular weight is 364 g/mol. The van der Waals surface area contributed by atoms with Crippen LogP contribution in [-0.4, -0.2) is 63.3 Å². The molecule has 25 heavy (non-hydrogen) atoms. The van der Waals surface area contributed by atoms with Crippen molar-refractivity contribution in [1.29, 1.82) is 0 Å². The maximum absolute atomic E-state index is 12.3. The Labute approximate surface area is 147 Å².